The third-order valence-electron chi connectivity index (χ3n) is 4.37. The number of amides is 1. The van der Waals surface area contributed by atoms with Gasteiger partial charge in [-0.05, 0) is 42.5 Å². The largest absolute Gasteiger partial charge is 0.444 e. The van der Waals surface area contributed by atoms with E-state index < -0.39 is 29.7 Å². The number of ether oxygens (including phenoxy) is 1. The van der Waals surface area contributed by atoms with E-state index >= 15 is 0 Å². The molecule has 1 amide bonds. The Hall–Kier alpha value is -3.83. The predicted molar refractivity (Wildman–Crippen MR) is 111 cm³/mol. The van der Waals surface area contributed by atoms with Gasteiger partial charge in [-0.1, -0.05) is 41.9 Å². The van der Waals surface area contributed by atoms with Gasteiger partial charge in [-0.3, -0.25) is 4.79 Å². The Morgan fingerprint density at radius 3 is 2.25 bits per heavy atom. The lowest BCUT2D eigenvalue weighted by molar-refractivity contribution is -0.137. The van der Waals surface area contributed by atoms with Gasteiger partial charge in [0.2, 0.25) is 6.10 Å². The van der Waals surface area contributed by atoms with Gasteiger partial charge in [-0.2, -0.15) is 18.4 Å². The molecule has 1 atom stereocenters. The van der Waals surface area contributed by atoms with Gasteiger partial charge < -0.3 is 10.1 Å². The average molecular weight is 459 g/mol. The van der Waals surface area contributed by atoms with Crippen molar-refractivity contribution in [1.29, 1.82) is 5.26 Å². The second-order valence-corrected chi connectivity index (χ2v) is 6.97. The molecule has 3 aromatic carbocycles. The van der Waals surface area contributed by atoms with Gasteiger partial charge in [0.1, 0.15) is 0 Å². The second-order valence-electron chi connectivity index (χ2n) is 6.57. The molecular weight excluding hydrogens is 445 g/mol. The van der Waals surface area contributed by atoms with Crippen LogP contribution in [0.15, 0.2) is 72.8 Å². The van der Waals surface area contributed by atoms with E-state index in [0.29, 0.717) is 17.2 Å². The standard InChI is InChI=1S/C23H14ClF3N2O3/c24-18-11-10-17(23(25,26)27)12-19(18)29-21(30)20(15-4-2-1-3-5-15)32-22(31)16-8-6-14(13-28)7-9-16/h1-12,20H,(H,29,30). The van der Waals surface area contributed by atoms with Gasteiger partial charge in [0, 0.05) is 5.56 Å². The Bertz CT molecular complexity index is 1170. The summed E-state index contributed by atoms with van der Waals surface area (Å²) in [6, 6.07) is 18.0. The molecule has 5 nitrogen and oxygen atoms in total. The molecular formula is C23H14ClF3N2O3. The van der Waals surface area contributed by atoms with Crippen molar-refractivity contribution in [2.45, 2.75) is 12.3 Å². The molecule has 0 aliphatic heterocycles. The smallest absolute Gasteiger partial charge is 0.416 e. The maximum Gasteiger partial charge on any atom is 0.416 e. The van der Waals surface area contributed by atoms with Crippen molar-refractivity contribution in [3.63, 3.8) is 0 Å². The van der Waals surface area contributed by atoms with Gasteiger partial charge >= 0.3 is 12.1 Å². The molecule has 0 spiro atoms. The van der Waals surface area contributed by atoms with Crippen molar-refractivity contribution in [2.75, 3.05) is 5.32 Å². The first kappa shape index (κ1) is 22.8. The number of esters is 1. The molecule has 0 fully saturated rings. The van der Waals surface area contributed by atoms with Crippen molar-refractivity contribution < 1.29 is 27.5 Å². The zero-order valence-corrected chi connectivity index (χ0v) is 16.9. The average Bonchev–Trinajstić information content (AvgIpc) is 2.78. The summed E-state index contributed by atoms with van der Waals surface area (Å²) < 4.78 is 44.5. The number of carbonyl (C=O) groups excluding carboxylic acids is 2. The van der Waals surface area contributed by atoms with Crippen LogP contribution in [0.4, 0.5) is 18.9 Å². The number of rotatable bonds is 5. The SMILES string of the molecule is N#Cc1ccc(C(=O)OC(C(=O)Nc2cc(C(F)(F)F)ccc2Cl)c2ccccc2)cc1. The number of nitriles is 1. The Kier molecular flexibility index (Phi) is 6.81. The molecule has 3 aromatic rings. The van der Waals surface area contributed by atoms with E-state index in [0.717, 1.165) is 12.1 Å². The summed E-state index contributed by atoms with van der Waals surface area (Å²) in [5.74, 6) is -1.74. The minimum absolute atomic E-state index is 0.0924. The highest BCUT2D eigenvalue weighted by molar-refractivity contribution is 6.33. The topological polar surface area (TPSA) is 79.2 Å². The zero-order valence-electron chi connectivity index (χ0n) is 16.2. The maximum atomic E-state index is 13.0. The highest BCUT2D eigenvalue weighted by atomic mass is 35.5. The molecule has 0 saturated heterocycles. The number of nitrogens with one attached hydrogen (secondary N) is 1. The lowest BCUT2D eigenvalue weighted by Crippen LogP contribution is -2.26. The molecule has 162 valence electrons. The quantitative estimate of drug-likeness (QED) is 0.492. The summed E-state index contributed by atoms with van der Waals surface area (Å²) in [6.45, 7) is 0. The normalized spacial score (nSPS) is 11.8. The third kappa shape index (κ3) is 5.45. The molecule has 9 heteroatoms. The number of anilines is 1. The van der Waals surface area contributed by atoms with Gasteiger partial charge in [-0.25, -0.2) is 4.79 Å². The van der Waals surface area contributed by atoms with E-state index in [1.165, 1.54) is 36.4 Å². The highest BCUT2D eigenvalue weighted by Gasteiger charge is 2.32. The minimum atomic E-state index is -4.63. The molecule has 0 aliphatic rings. The summed E-state index contributed by atoms with van der Waals surface area (Å²) in [7, 11) is 0. The highest BCUT2D eigenvalue weighted by Crippen LogP contribution is 2.34. The number of nitrogens with zero attached hydrogens (tertiary/aromatic N) is 1. The van der Waals surface area contributed by atoms with E-state index in [9.17, 15) is 22.8 Å². The monoisotopic (exact) mass is 458 g/mol. The van der Waals surface area contributed by atoms with Crippen LogP contribution in [0.3, 0.4) is 0 Å². The summed E-state index contributed by atoms with van der Waals surface area (Å²) >= 11 is 5.96. The lowest BCUT2D eigenvalue weighted by Gasteiger charge is -2.19. The minimum Gasteiger partial charge on any atom is -0.444 e. The van der Waals surface area contributed by atoms with Crippen LogP contribution in [0.25, 0.3) is 0 Å². The molecule has 0 saturated carbocycles. The van der Waals surface area contributed by atoms with Crippen molar-refractivity contribution in [3.8, 4) is 6.07 Å². The fourth-order valence-corrected chi connectivity index (χ4v) is 2.92. The molecule has 0 bridgehead atoms. The Morgan fingerprint density at radius 2 is 1.66 bits per heavy atom. The predicted octanol–water partition coefficient (Wildman–Crippen LogP) is 5.77. The van der Waals surface area contributed by atoms with Crippen molar-refractivity contribution in [2.24, 2.45) is 0 Å². The fourth-order valence-electron chi connectivity index (χ4n) is 2.75. The van der Waals surface area contributed by atoms with Crippen LogP contribution in [-0.2, 0) is 15.7 Å². The molecule has 0 aliphatic carbocycles. The summed E-state index contributed by atoms with van der Waals surface area (Å²) in [5.41, 5.74) is -0.548. The fraction of sp³-hybridized carbons (Fsp3) is 0.0870. The number of hydrogen-bond acceptors (Lipinski definition) is 4. The number of benzene rings is 3. The molecule has 32 heavy (non-hydrogen) atoms. The van der Waals surface area contributed by atoms with Crippen molar-refractivity contribution >= 4 is 29.2 Å². The molecule has 0 radical (unpaired) electrons. The first-order valence-corrected chi connectivity index (χ1v) is 9.50. The molecule has 1 N–H and O–H groups in total. The zero-order chi connectivity index (χ0) is 23.3. The number of hydrogen-bond donors (Lipinski definition) is 1. The Labute approximate surface area is 186 Å². The van der Waals surface area contributed by atoms with E-state index in [-0.39, 0.29) is 16.3 Å². The first-order chi connectivity index (χ1) is 15.2. The molecule has 0 aromatic heterocycles. The summed E-state index contributed by atoms with van der Waals surface area (Å²) in [5, 5.41) is 11.1. The van der Waals surface area contributed by atoms with E-state index in [2.05, 4.69) is 5.32 Å². The van der Waals surface area contributed by atoms with Crippen LogP contribution in [0.5, 0.6) is 0 Å². The van der Waals surface area contributed by atoms with Crippen LogP contribution in [0, 0.1) is 11.3 Å². The Morgan fingerprint density at radius 1 is 1.00 bits per heavy atom. The van der Waals surface area contributed by atoms with Crippen LogP contribution in [0.1, 0.15) is 33.2 Å². The van der Waals surface area contributed by atoms with E-state index in [4.69, 9.17) is 21.6 Å². The van der Waals surface area contributed by atoms with Crippen LogP contribution in [0.2, 0.25) is 5.02 Å². The van der Waals surface area contributed by atoms with Crippen LogP contribution < -0.4 is 5.32 Å². The number of alkyl halides is 3. The first-order valence-electron chi connectivity index (χ1n) is 9.13. The Balaban J connectivity index is 1.89. The number of carbonyl (C=O) groups is 2. The van der Waals surface area contributed by atoms with Crippen LogP contribution >= 0.6 is 11.6 Å². The van der Waals surface area contributed by atoms with Gasteiger partial charge in [0.05, 0.1) is 33.5 Å². The van der Waals surface area contributed by atoms with E-state index in [1.807, 2.05) is 6.07 Å². The summed E-state index contributed by atoms with van der Waals surface area (Å²) in [4.78, 5) is 25.5. The summed E-state index contributed by atoms with van der Waals surface area (Å²) in [6.07, 6.45) is -6.10. The van der Waals surface area contributed by atoms with Gasteiger partial charge in [-0.15, -0.1) is 0 Å². The third-order valence-corrected chi connectivity index (χ3v) is 4.70. The maximum absolute atomic E-state index is 13.0. The van der Waals surface area contributed by atoms with Gasteiger partial charge in [0.15, 0.2) is 0 Å². The number of halogens is 4. The molecule has 1 unspecified atom stereocenters. The second kappa shape index (κ2) is 9.54. The van der Waals surface area contributed by atoms with Crippen molar-refractivity contribution in [3.05, 3.63) is 100 Å². The van der Waals surface area contributed by atoms with Gasteiger partial charge in [0.25, 0.3) is 5.91 Å². The van der Waals surface area contributed by atoms with E-state index in [1.54, 1.807) is 18.2 Å². The molecule has 0 heterocycles. The van der Waals surface area contributed by atoms with Crippen molar-refractivity contribution in [1.82, 2.24) is 0 Å². The van der Waals surface area contributed by atoms with Crippen LogP contribution in [-0.4, -0.2) is 11.9 Å². The lowest BCUT2D eigenvalue weighted by atomic mass is 10.1. The molecule has 3 rings (SSSR count).